The zero-order valence-electron chi connectivity index (χ0n) is 6.46. The van der Waals surface area contributed by atoms with Crippen LogP contribution in [0.5, 0.6) is 0 Å². The predicted molar refractivity (Wildman–Crippen MR) is 41.8 cm³/mol. The molecule has 2 nitrogen and oxygen atoms in total. The maximum Gasteiger partial charge on any atom is 0.242 e. The second-order valence-electron chi connectivity index (χ2n) is 2.88. The standard InChI is InChI=1S/C9H8FNO/c10-8-3-1-2-7(4-8)5-11-6-9(11)12/h1-4H,5-6H2. The Balaban J connectivity index is 2.08. The second-order valence-corrected chi connectivity index (χ2v) is 2.88. The minimum absolute atomic E-state index is 0.138. The van der Waals surface area contributed by atoms with Gasteiger partial charge < -0.3 is 4.90 Å². The van der Waals surface area contributed by atoms with Crippen molar-refractivity contribution in [1.82, 2.24) is 4.90 Å². The van der Waals surface area contributed by atoms with Gasteiger partial charge in [-0.2, -0.15) is 0 Å². The van der Waals surface area contributed by atoms with Crippen LogP contribution in [0, 0.1) is 5.82 Å². The van der Waals surface area contributed by atoms with Crippen LogP contribution >= 0.6 is 0 Å². The fourth-order valence-corrected chi connectivity index (χ4v) is 1.13. The third-order valence-corrected chi connectivity index (χ3v) is 1.84. The van der Waals surface area contributed by atoms with E-state index in [9.17, 15) is 9.18 Å². The van der Waals surface area contributed by atoms with Crippen molar-refractivity contribution in [2.75, 3.05) is 6.54 Å². The number of carbonyl (C=O) groups is 1. The molecule has 1 fully saturated rings. The molecule has 62 valence electrons. The van der Waals surface area contributed by atoms with E-state index in [0.29, 0.717) is 13.1 Å². The Morgan fingerprint density at radius 1 is 1.50 bits per heavy atom. The highest BCUT2D eigenvalue weighted by Gasteiger charge is 2.29. The Kier molecular flexibility index (Phi) is 1.57. The molecule has 3 heteroatoms. The molecule has 1 aromatic carbocycles. The van der Waals surface area contributed by atoms with E-state index in [-0.39, 0.29) is 11.7 Å². The first-order valence-electron chi connectivity index (χ1n) is 3.78. The number of carbonyl (C=O) groups excluding carboxylic acids is 1. The number of nitrogens with zero attached hydrogens (tertiary/aromatic N) is 1. The topological polar surface area (TPSA) is 20.1 Å². The van der Waals surface area contributed by atoms with Gasteiger partial charge >= 0.3 is 0 Å². The third kappa shape index (κ3) is 1.44. The molecule has 0 atom stereocenters. The lowest BCUT2D eigenvalue weighted by Crippen LogP contribution is -1.98. The molecule has 1 saturated heterocycles. The van der Waals surface area contributed by atoms with Crippen molar-refractivity contribution in [1.29, 1.82) is 0 Å². The molecule has 0 saturated carbocycles. The van der Waals surface area contributed by atoms with Crippen molar-refractivity contribution in [3.05, 3.63) is 35.6 Å². The summed E-state index contributed by atoms with van der Waals surface area (Å²) in [6.07, 6.45) is 0. The monoisotopic (exact) mass is 165 g/mol. The van der Waals surface area contributed by atoms with E-state index in [4.69, 9.17) is 0 Å². The SMILES string of the molecule is O=C1CN1Cc1cccc(F)c1. The van der Waals surface area contributed by atoms with E-state index in [1.807, 2.05) is 6.07 Å². The molecule has 0 radical (unpaired) electrons. The van der Waals surface area contributed by atoms with Crippen molar-refractivity contribution in [2.45, 2.75) is 6.54 Å². The molecule has 0 bridgehead atoms. The maximum absolute atomic E-state index is 12.6. The van der Waals surface area contributed by atoms with E-state index < -0.39 is 0 Å². The van der Waals surface area contributed by atoms with Crippen LogP contribution in [0.3, 0.4) is 0 Å². The minimum Gasteiger partial charge on any atom is -0.328 e. The Labute approximate surface area is 69.6 Å². The summed E-state index contributed by atoms with van der Waals surface area (Å²) >= 11 is 0. The van der Waals surface area contributed by atoms with Crippen LogP contribution in [-0.4, -0.2) is 17.4 Å². The van der Waals surface area contributed by atoms with Crippen LogP contribution in [-0.2, 0) is 11.3 Å². The van der Waals surface area contributed by atoms with Crippen molar-refractivity contribution in [3.63, 3.8) is 0 Å². The molecular weight excluding hydrogens is 157 g/mol. The number of hydrogen-bond acceptors (Lipinski definition) is 1. The molecule has 1 aliphatic rings. The zero-order chi connectivity index (χ0) is 8.55. The van der Waals surface area contributed by atoms with Gasteiger partial charge in [0, 0.05) is 6.54 Å². The van der Waals surface area contributed by atoms with Gasteiger partial charge in [0.15, 0.2) is 0 Å². The van der Waals surface area contributed by atoms with Gasteiger partial charge in [-0.15, -0.1) is 0 Å². The van der Waals surface area contributed by atoms with Crippen LogP contribution in [0.25, 0.3) is 0 Å². The van der Waals surface area contributed by atoms with Gasteiger partial charge in [-0.3, -0.25) is 4.79 Å². The second kappa shape index (κ2) is 2.59. The van der Waals surface area contributed by atoms with Crippen LogP contribution in [0.15, 0.2) is 24.3 Å². The lowest BCUT2D eigenvalue weighted by molar-refractivity contribution is -0.113. The van der Waals surface area contributed by atoms with Gasteiger partial charge in [-0.25, -0.2) is 4.39 Å². The molecule has 0 aromatic heterocycles. The maximum atomic E-state index is 12.6. The summed E-state index contributed by atoms with van der Waals surface area (Å²) < 4.78 is 12.6. The minimum atomic E-state index is -0.248. The number of benzene rings is 1. The van der Waals surface area contributed by atoms with Crippen LogP contribution < -0.4 is 0 Å². The Hall–Kier alpha value is -1.38. The molecule has 0 spiro atoms. The fraction of sp³-hybridized carbons (Fsp3) is 0.222. The summed E-state index contributed by atoms with van der Waals surface area (Å²) in [6, 6.07) is 6.31. The van der Waals surface area contributed by atoms with Gasteiger partial charge in [0.1, 0.15) is 12.4 Å². The van der Waals surface area contributed by atoms with E-state index in [0.717, 1.165) is 5.56 Å². The number of rotatable bonds is 2. The summed E-state index contributed by atoms with van der Waals surface area (Å²) in [4.78, 5) is 12.3. The van der Waals surface area contributed by atoms with Crippen molar-refractivity contribution in [3.8, 4) is 0 Å². The molecule has 2 rings (SSSR count). The largest absolute Gasteiger partial charge is 0.328 e. The lowest BCUT2D eigenvalue weighted by Gasteiger charge is -1.99. The number of halogens is 1. The van der Waals surface area contributed by atoms with E-state index in [1.165, 1.54) is 12.1 Å². The highest BCUT2D eigenvalue weighted by Crippen LogP contribution is 2.13. The molecule has 0 aliphatic carbocycles. The highest BCUT2D eigenvalue weighted by atomic mass is 19.1. The van der Waals surface area contributed by atoms with Crippen molar-refractivity contribution < 1.29 is 9.18 Å². The molecule has 12 heavy (non-hydrogen) atoms. The highest BCUT2D eigenvalue weighted by molar-refractivity contribution is 5.92. The fourth-order valence-electron chi connectivity index (χ4n) is 1.13. The summed E-state index contributed by atoms with van der Waals surface area (Å²) in [5, 5.41) is 0. The first-order valence-corrected chi connectivity index (χ1v) is 3.78. The summed E-state index contributed by atoms with van der Waals surface area (Å²) in [5.41, 5.74) is 0.848. The normalized spacial score (nSPS) is 15.1. The van der Waals surface area contributed by atoms with E-state index >= 15 is 0 Å². The van der Waals surface area contributed by atoms with Gasteiger partial charge in [-0.05, 0) is 17.7 Å². The molecular formula is C9H8FNO. The zero-order valence-corrected chi connectivity index (χ0v) is 6.46. The van der Waals surface area contributed by atoms with Gasteiger partial charge in [0.05, 0.1) is 0 Å². The summed E-state index contributed by atoms with van der Waals surface area (Å²) in [6.45, 7) is 1.05. The first kappa shape index (κ1) is 7.28. The molecule has 1 amide bonds. The van der Waals surface area contributed by atoms with Gasteiger partial charge in [0.25, 0.3) is 0 Å². The summed E-state index contributed by atoms with van der Waals surface area (Å²) in [5.74, 6) is -0.110. The lowest BCUT2D eigenvalue weighted by atomic mass is 10.2. The van der Waals surface area contributed by atoms with Crippen molar-refractivity contribution in [2.24, 2.45) is 0 Å². The van der Waals surface area contributed by atoms with Gasteiger partial charge in [0.2, 0.25) is 5.91 Å². The average Bonchev–Trinajstić information content (AvgIpc) is 2.66. The Bertz CT molecular complexity index is 324. The van der Waals surface area contributed by atoms with Crippen molar-refractivity contribution >= 4 is 5.91 Å². The van der Waals surface area contributed by atoms with Crippen LogP contribution in [0.4, 0.5) is 4.39 Å². The Morgan fingerprint density at radius 2 is 2.25 bits per heavy atom. The molecule has 1 aliphatic heterocycles. The van der Waals surface area contributed by atoms with E-state index in [1.54, 1.807) is 11.0 Å². The third-order valence-electron chi connectivity index (χ3n) is 1.84. The number of amides is 1. The average molecular weight is 165 g/mol. The predicted octanol–water partition coefficient (Wildman–Crippen LogP) is 1.17. The molecule has 1 aromatic rings. The molecule has 1 heterocycles. The smallest absolute Gasteiger partial charge is 0.242 e. The number of hydrogen-bond donors (Lipinski definition) is 0. The van der Waals surface area contributed by atoms with E-state index in [2.05, 4.69) is 0 Å². The van der Waals surface area contributed by atoms with Gasteiger partial charge in [-0.1, -0.05) is 12.1 Å². The summed E-state index contributed by atoms with van der Waals surface area (Å²) in [7, 11) is 0. The molecule has 0 N–H and O–H groups in total. The molecule has 0 unspecified atom stereocenters. The van der Waals surface area contributed by atoms with Crippen LogP contribution in [0.1, 0.15) is 5.56 Å². The quantitative estimate of drug-likeness (QED) is 0.602. The first-order chi connectivity index (χ1) is 5.75. The Morgan fingerprint density at radius 3 is 2.83 bits per heavy atom. The van der Waals surface area contributed by atoms with Crippen LogP contribution in [0.2, 0.25) is 0 Å².